The van der Waals surface area contributed by atoms with E-state index in [1.807, 2.05) is 0 Å². The maximum absolute atomic E-state index is 13.0. The number of benzene rings is 1. The molecule has 9 heteroatoms. The predicted octanol–water partition coefficient (Wildman–Crippen LogP) is 2.53. The average Bonchev–Trinajstić information content (AvgIpc) is 3.30. The molecule has 0 radical (unpaired) electrons. The first kappa shape index (κ1) is 19.8. The van der Waals surface area contributed by atoms with Gasteiger partial charge in [0.25, 0.3) is 0 Å². The van der Waals surface area contributed by atoms with Crippen LogP contribution in [-0.2, 0) is 17.5 Å². The molecule has 3 rings (SSSR count). The first-order valence-electron chi connectivity index (χ1n) is 7.86. The van der Waals surface area contributed by atoms with E-state index >= 15 is 0 Å². The molecule has 0 unspecified atom stereocenters. The van der Waals surface area contributed by atoms with Gasteiger partial charge in [0, 0.05) is 51.1 Å². The third-order valence-electron chi connectivity index (χ3n) is 4.40. The van der Waals surface area contributed by atoms with Gasteiger partial charge < -0.3 is 15.2 Å². The Morgan fingerprint density at radius 1 is 1.28 bits per heavy atom. The number of rotatable bonds is 5. The van der Waals surface area contributed by atoms with Crippen molar-refractivity contribution in [2.75, 3.05) is 26.2 Å². The molecule has 0 aromatic heterocycles. The van der Waals surface area contributed by atoms with Crippen molar-refractivity contribution in [3.63, 3.8) is 0 Å². The van der Waals surface area contributed by atoms with Gasteiger partial charge in [-0.1, -0.05) is 6.07 Å². The van der Waals surface area contributed by atoms with Gasteiger partial charge in [-0.25, -0.2) is 4.79 Å². The summed E-state index contributed by atoms with van der Waals surface area (Å²) in [6, 6.07) is 3.32. The van der Waals surface area contributed by atoms with Crippen LogP contribution in [0.4, 0.5) is 13.2 Å². The molecular weight excluding hydrogens is 361 g/mol. The van der Waals surface area contributed by atoms with E-state index in [0.29, 0.717) is 24.9 Å². The van der Waals surface area contributed by atoms with Gasteiger partial charge in [0.15, 0.2) is 0 Å². The van der Waals surface area contributed by atoms with E-state index in [9.17, 15) is 23.1 Å². The number of nitrogens with one attached hydrogen (secondary N) is 1. The number of ether oxygens (including phenoxy) is 1. The Kier molecular flexibility index (Phi) is 5.86. The minimum atomic E-state index is -4.49. The lowest BCUT2D eigenvalue weighted by Gasteiger charge is -2.28. The highest BCUT2D eigenvalue weighted by Crippen LogP contribution is 2.43. The van der Waals surface area contributed by atoms with Crippen LogP contribution in [0.3, 0.4) is 0 Å². The normalized spacial score (nSPS) is 19.8. The molecular formula is C16H20ClF3N2O3. The van der Waals surface area contributed by atoms with Gasteiger partial charge in [0.2, 0.25) is 5.60 Å². The third-order valence-corrected chi connectivity index (χ3v) is 4.40. The van der Waals surface area contributed by atoms with E-state index < -0.39 is 23.3 Å². The van der Waals surface area contributed by atoms with E-state index in [1.165, 1.54) is 6.07 Å². The summed E-state index contributed by atoms with van der Waals surface area (Å²) in [5.41, 5.74) is -1.62. The number of hydrogen-bond donors (Lipinski definition) is 2. The molecule has 0 amide bonds. The van der Waals surface area contributed by atoms with Gasteiger partial charge in [-0.2, -0.15) is 13.2 Å². The summed E-state index contributed by atoms with van der Waals surface area (Å²) in [5, 5.41) is 12.4. The van der Waals surface area contributed by atoms with Crippen molar-refractivity contribution < 1.29 is 27.8 Å². The predicted molar refractivity (Wildman–Crippen MR) is 87.1 cm³/mol. The number of hydrogen-bond acceptors (Lipinski definition) is 4. The SMILES string of the molecule is Cl.O=C(O)C1(Oc2cc(C(F)(F)F)ccc2CN2CCNCC2)CC1. The van der Waals surface area contributed by atoms with Crippen molar-refractivity contribution in [2.45, 2.75) is 31.2 Å². The molecule has 1 aliphatic heterocycles. The number of carboxylic acids is 1. The van der Waals surface area contributed by atoms with Crippen LogP contribution < -0.4 is 10.1 Å². The van der Waals surface area contributed by atoms with Crippen molar-refractivity contribution in [3.8, 4) is 5.75 Å². The zero-order valence-corrected chi connectivity index (χ0v) is 14.3. The third kappa shape index (κ3) is 4.56. The maximum Gasteiger partial charge on any atom is 0.416 e. The van der Waals surface area contributed by atoms with E-state index in [1.54, 1.807) is 0 Å². The summed E-state index contributed by atoms with van der Waals surface area (Å²) in [5.74, 6) is -1.11. The molecule has 1 aromatic rings. The number of piperazine rings is 1. The molecule has 0 spiro atoms. The van der Waals surface area contributed by atoms with Crippen LogP contribution >= 0.6 is 12.4 Å². The van der Waals surface area contributed by atoms with Crippen LogP contribution in [0.1, 0.15) is 24.0 Å². The fourth-order valence-electron chi connectivity index (χ4n) is 2.75. The second-order valence-corrected chi connectivity index (χ2v) is 6.25. The van der Waals surface area contributed by atoms with Gasteiger partial charge in [-0.05, 0) is 12.1 Å². The minimum Gasteiger partial charge on any atom is -0.478 e. The Morgan fingerprint density at radius 3 is 2.44 bits per heavy atom. The molecule has 25 heavy (non-hydrogen) atoms. The van der Waals surface area contributed by atoms with Crippen molar-refractivity contribution >= 4 is 18.4 Å². The van der Waals surface area contributed by atoms with Crippen LogP contribution in [0.25, 0.3) is 0 Å². The Morgan fingerprint density at radius 2 is 1.92 bits per heavy atom. The monoisotopic (exact) mass is 380 g/mol. The fourth-order valence-corrected chi connectivity index (χ4v) is 2.75. The van der Waals surface area contributed by atoms with E-state index in [2.05, 4.69) is 10.2 Å². The Bertz CT molecular complexity index is 630. The highest BCUT2D eigenvalue weighted by Gasteiger charge is 2.54. The number of nitrogens with zero attached hydrogens (tertiary/aromatic N) is 1. The summed E-state index contributed by atoms with van der Waals surface area (Å²) >= 11 is 0. The smallest absolute Gasteiger partial charge is 0.416 e. The highest BCUT2D eigenvalue weighted by molar-refractivity contribution is 5.85. The summed E-state index contributed by atoms with van der Waals surface area (Å²) in [6.07, 6.45) is -3.87. The number of carboxylic acid groups (broad SMARTS) is 1. The topological polar surface area (TPSA) is 61.8 Å². The lowest BCUT2D eigenvalue weighted by atomic mass is 10.1. The molecule has 2 N–H and O–H groups in total. The average molecular weight is 381 g/mol. The van der Waals surface area contributed by atoms with Crippen molar-refractivity contribution in [1.29, 1.82) is 0 Å². The molecule has 1 aromatic carbocycles. The van der Waals surface area contributed by atoms with Crippen LogP contribution in [-0.4, -0.2) is 47.8 Å². The van der Waals surface area contributed by atoms with Gasteiger partial charge in [0.05, 0.1) is 5.56 Å². The van der Waals surface area contributed by atoms with Crippen molar-refractivity contribution in [3.05, 3.63) is 29.3 Å². The lowest BCUT2D eigenvalue weighted by molar-refractivity contribution is -0.147. The molecule has 1 saturated heterocycles. The van der Waals surface area contributed by atoms with Gasteiger partial charge in [0.1, 0.15) is 5.75 Å². The number of aliphatic carboxylic acids is 1. The fraction of sp³-hybridized carbons (Fsp3) is 0.562. The summed E-state index contributed by atoms with van der Waals surface area (Å²) < 4.78 is 44.5. The number of halogens is 4. The van der Waals surface area contributed by atoms with Crippen molar-refractivity contribution in [2.24, 2.45) is 0 Å². The van der Waals surface area contributed by atoms with Crippen molar-refractivity contribution in [1.82, 2.24) is 10.2 Å². The van der Waals surface area contributed by atoms with E-state index in [0.717, 1.165) is 38.3 Å². The van der Waals surface area contributed by atoms with Gasteiger partial charge >= 0.3 is 12.1 Å². The molecule has 140 valence electrons. The first-order chi connectivity index (χ1) is 11.3. The summed E-state index contributed by atoms with van der Waals surface area (Å²) in [4.78, 5) is 13.4. The Balaban J connectivity index is 0.00000225. The summed E-state index contributed by atoms with van der Waals surface area (Å²) in [6.45, 7) is 3.63. The highest BCUT2D eigenvalue weighted by atomic mass is 35.5. The van der Waals surface area contributed by atoms with E-state index in [-0.39, 0.29) is 18.2 Å². The Hall–Kier alpha value is -1.51. The van der Waals surface area contributed by atoms with Crippen LogP contribution in [0.5, 0.6) is 5.75 Å². The minimum absolute atomic E-state index is 0. The second-order valence-electron chi connectivity index (χ2n) is 6.25. The van der Waals surface area contributed by atoms with Crippen LogP contribution in [0.15, 0.2) is 18.2 Å². The molecule has 5 nitrogen and oxygen atoms in total. The van der Waals surface area contributed by atoms with Crippen LogP contribution in [0.2, 0.25) is 0 Å². The molecule has 0 bridgehead atoms. The zero-order valence-electron chi connectivity index (χ0n) is 13.4. The molecule has 2 aliphatic rings. The van der Waals surface area contributed by atoms with Gasteiger partial charge in [-0.15, -0.1) is 12.4 Å². The van der Waals surface area contributed by atoms with E-state index in [4.69, 9.17) is 4.74 Å². The second kappa shape index (κ2) is 7.39. The molecule has 0 atom stereocenters. The number of carbonyl (C=O) groups is 1. The molecule has 1 saturated carbocycles. The molecule has 1 heterocycles. The largest absolute Gasteiger partial charge is 0.478 e. The molecule has 2 fully saturated rings. The standard InChI is InChI=1S/C16H19F3N2O3.ClH/c17-16(18,19)12-2-1-11(10-21-7-5-20-6-8-21)13(9-12)24-15(3-4-15)14(22)23;/h1-2,9,20H,3-8,10H2,(H,22,23);1H. The lowest BCUT2D eigenvalue weighted by Crippen LogP contribution is -2.43. The molecule has 1 aliphatic carbocycles. The van der Waals surface area contributed by atoms with Gasteiger partial charge in [-0.3, -0.25) is 4.90 Å². The first-order valence-corrected chi connectivity index (χ1v) is 7.86. The quantitative estimate of drug-likeness (QED) is 0.822. The zero-order chi connectivity index (χ0) is 17.4. The Labute approximate surface area is 149 Å². The maximum atomic E-state index is 13.0. The van der Waals surface area contributed by atoms with Crippen LogP contribution in [0, 0.1) is 0 Å². The number of alkyl halides is 3. The summed E-state index contributed by atoms with van der Waals surface area (Å²) in [7, 11) is 0.